The van der Waals surface area contributed by atoms with E-state index in [9.17, 15) is 0 Å². The van der Waals surface area contributed by atoms with Gasteiger partial charge >= 0.3 is 0 Å². The smallest absolute Gasteiger partial charge is 0.202 e. The molecule has 5 heteroatoms. The second-order valence-electron chi connectivity index (χ2n) is 5.02. The van der Waals surface area contributed by atoms with Gasteiger partial charge in [0.1, 0.15) is 5.82 Å². The van der Waals surface area contributed by atoms with Crippen molar-refractivity contribution < 1.29 is 0 Å². The molecule has 0 fully saturated rings. The third-order valence-electron chi connectivity index (χ3n) is 2.41. The lowest BCUT2D eigenvalue weighted by Crippen LogP contribution is -2.14. The summed E-state index contributed by atoms with van der Waals surface area (Å²) >= 11 is 1.43. The molecule has 0 unspecified atom stereocenters. The van der Waals surface area contributed by atoms with Gasteiger partial charge in [-0.25, -0.2) is 4.98 Å². The van der Waals surface area contributed by atoms with Gasteiger partial charge < -0.3 is 9.88 Å². The first-order valence-corrected chi connectivity index (χ1v) is 6.52. The number of hydrogen-bond acceptors (Lipinski definition) is 4. The molecule has 0 saturated carbocycles. The highest BCUT2D eigenvalue weighted by atomic mass is 32.1. The number of hydrogen-bond donors (Lipinski definition) is 1. The minimum atomic E-state index is 0.0247. The monoisotopic (exact) mass is 250 g/mol. The molecule has 0 aromatic carbocycles. The topological polar surface area (TPSA) is 42.7 Å². The van der Waals surface area contributed by atoms with Crippen molar-refractivity contribution in [1.82, 2.24) is 13.9 Å². The van der Waals surface area contributed by atoms with Crippen LogP contribution in [0.4, 0.5) is 5.13 Å². The van der Waals surface area contributed by atoms with Crippen LogP contribution in [0.25, 0.3) is 0 Å². The summed E-state index contributed by atoms with van der Waals surface area (Å²) in [6, 6.07) is 4.06. The fraction of sp³-hybridized carbons (Fsp3) is 0.500. The van der Waals surface area contributed by atoms with Crippen LogP contribution < -0.4 is 5.32 Å². The van der Waals surface area contributed by atoms with E-state index in [1.807, 2.05) is 12.1 Å². The van der Waals surface area contributed by atoms with Crippen LogP contribution in [0.5, 0.6) is 0 Å². The summed E-state index contributed by atoms with van der Waals surface area (Å²) in [6.45, 7) is 8.18. The fourth-order valence-electron chi connectivity index (χ4n) is 1.41. The van der Waals surface area contributed by atoms with Gasteiger partial charge in [0, 0.05) is 42.4 Å². The highest BCUT2D eigenvalue weighted by Gasteiger charge is 2.19. The molecule has 0 spiro atoms. The molecule has 0 radical (unpaired) electrons. The number of aromatic nitrogens is 3. The third-order valence-corrected chi connectivity index (χ3v) is 3.08. The van der Waals surface area contributed by atoms with E-state index >= 15 is 0 Å². The number of anilines is 1. The van der Waals surface area contributed by atoms with Crippen LogP contribution in [0.15, 0.2) is 24.5 Å². The normalized spacial score (nSPS) is 11.7. The van der Waals surface area contributed by atoms with Crippen LogP contribution >= 0.6 is 11.5 Å². The van der Waals surface area contributed by atoms with Gasteiger partial charge in [0.2, 0.25) is 5.13 Å². The molecule has 17 heavy (non-hydrogen) atoms. The van der Waals surface area contributed by atoms with Crippen LogP contribution in [0, 0.1) is 0 Å². The number of rotatable bonds is 4. The predicted molar refractivity (Wildman–Crippen MR) is 71.5 cm³/mol. The standard InChI is InChI=1S/C12H18N4S/c1-12(2,3)10-14-11(17-15-10)13-6-9-16-7-4-5-8-16/h4-5,7-8H,6,9H2,1-3H3,(H,13,14,15). The zero-order valence-electron chi connectivity index (χ0n) is 10.5. The first kappa shape index (κ1) is 12.1. The van der Waals surface area contributed by atoms with E-state index in [0.717, 1.165) is 24.0 Å². The van der Waals surface area contributed by atoms with Gasteiger partial charge in [-0.1, -0.05) is 20.8 Å². The van der Waals surface area contributed by atoms with Gasteiger partial charge in [-0.3, -0.25) is 0 Å². The molecule has 0 aliphatic carbocycles. The Morgan fingerprint density at radius 3 is 2.59 bits per heavy atom. The van der Waals surface area contributed by atoms with Gasteiger partial charge in [-0.2, -0.15) is 4.37 Å². The summed E-state index contributed by atoms with van der Waals surface area (Å²) in [5.74, 6) is 0.908. The van der Waals surface area contributed by atoms with Crippen molar-refractivity contribution >= 4 is 16.7 Å². The summed E-state index contributed by atoms with van der Waals surface area (Å²) in [5, 5.41) is 4.20. The van der Waals surface area contributed by atoms with Gasteiger partial charge in [-0.15, -0.1) is 0 Å². The summed E-state index contributed by atoms with van der Waals surface area (Å²) in [4.78, 5) is 4.49. The van der Waals surface area contributed by atoms with Crippen LogP contribution in [0.1, 0.15) is 26.6 Å². The maximum Gasteiger partial charge on any atom is 0.202 e. The van der Waals surface area contributed by atoms with E-state index < -0.39 is 0 Å². The molecule has 2 heterocycles. The zero-order valence-corrected chi connectivity index (χ0v) is 11.3. The molecule has 1 N–H and O–H groups in total. The van der Waals surface area contributed by atoms with E-state index in [1.54, 1.807) is 0 Å². The molecule has 4 nitrogen and oxygen atoms in total. The Morgan fingerprint density at radius 2 is 2.00 bits per heavy atom. The van der Waals surface area contributed by atoms with Crippen LogP contribution in [0.2, 0.25) is 0 Å². The Morgan fingerprint density at radius 1 is 1.29 bits per heavy atom. The zero-order chi connectivity index (χ0) is 12.3. The minimum absolute atomic E-state index is 0.0247. The minimum Gasteiger partial charge on any atom is -0.358 e. The maximum atomic E-state index is 4.49. The summed E-state index contributed by atoms with van der Waals surface area (Å²) in [6.07, 6.45) is 4.12. The maximum absolute atomic E-state index is 4.49. The first-order valence-electron chi connectivity index (χ1n) is 5.74. The molecule has 0 bridgehead atoms. The molecule has 0 amide bonds. The van der Waals surface area contributed by atoms with E-state index in [4.69, 9.17) is 0 Å². The Bertz CT molecular complexity index is 453. The largest absolute Gasteiger partial charge is 0.358 e. The Kier molecular flexibility index (Phi) is 3.47. The molecule has 0 aliphatic rings. The molecule has 92 valence electrons. The Balaban J connectivity index is 1.85. The van der Waals surface area contributed by atoms with Crippen molar-refractivity contribution in [3.05, 3.63) is 30.4 Å². The lowest BCUT2D eigenvalue weighted by Gasteiger charge is -2.12. The van der Waals surface area contributed by atoms with Crippen LogP contribution in [-0.2, 0) is 12.0 Å². The van der Waals surface area contributed by atoms with E-state index in [0.29, 0.717) is 0 Å². The molecule has 2 aromatic heterocycles. The second-order valence-corrected chi connectivity index (χ2v) is 5.77. The highest BCUT2D eigenvalue weighted by Crippen LogP contribution is 2.22. The van der Waals surface area contributed by atoms with Gasteiger partial charge in [0.25, 0.3) is 0 Å². The third kappa shape index (κ3) is 3.30. The van der Waals surface area contributed by atoms with Crippen molar-refractivity contribution in [3.8, 4) is 0 Å². The number of nitrogens with one attached hydrogen (secondary N) is 1. The molecular formula is C12H18N4S. The van der Waals surface area contributed by atoms with Crippen molar-refractivity contribution in [2.75, 3.05) is 11.9 Å². The van der Waals surface area contributed by atoms with Crippen molar-refractivity contribution in [3.63, 3.8) is 0 Å². The van der Waals surface area contributed by atoms with Crippen molar-refractivity contribution in [2.45, 2.75) is 32.7 Å². The van der Waals surface area contributed by atoms with Gasteiger partial charge in [0.15, 0.2) is 0 Å². The molecule has 2 rings (SSSR count). The summed E-state index contributed by atoms with van der Waals surface area (Å²) in [5.41, 5.74) is 0.0247. The van der Waals surface area contributed by atoms with Gasteiger partial charge in [0.05, 0.1) is 0 Å². The average molecular weight is 250 g/mol. The number of nitrogens with zero attached hydrogens (tertiary/aromatic N) is 3. The fourth-order valence-corrected chi connectivity index (χ4v) is 2.19. The lowest BCUT2D eigenvalue weighted by molar-refractivity contribution is 0.555. The molecule has 0 saturated heterocycles. The highest BCUT2D eigenvalue weighted by molar-refractivity contribution is 7.09. The molecular weight excluding hydrogens is 232 g/mol. The van der Waals surface area contributed by atoms with Crippen LogP contribution in [-0.4, -0.2) is 20.5 Å². The summed E-state index contributed by atoms with van der Waals surface area (Å²) in [7, 11) is 0. The average Bonchev–Trinajstić information content (AvgIpc) is 2.86. The Labute approximate surface area is 106 Å². The Hall–Kier alpha value is -1.36. The SMILES string of the molecule is CC(C)(C)c1nsc(NCCn2cccc2)n1. The van der Waals surface area contributed by atoms with E-state index in [1.165, 1.54) is 11.5 Å². The second kappa shape index (κ2) is 4.87. The first-order chi connectivity index (χ1) is 8.05. The van der Waals surface area contributed by atoms with Gasteiger partial charge in [-0.05, 0) is 12.1 Å². The molecule has 0 aliphatic heterocycles. The van der Waals surface area contributed by atoms with E-state index in [-0.39, 0.29) is 5.41 Å². The lowest BCUT2D eigenvalue weighted by atomic mass is 9.96. The molecule has 0 atom stereocenters. The van der Waals surface area contributed by atoms with Crippen molar-refractivity contribution in [2.24, 2.45) is 0 Å². The predicted octanol–water partition coefficient (Wildman–Crippen LogP) is 2.75. The quantitative estimate of drug-likeness (QED) is 0.907. The molecule has 2 aromatic rings. The van der Waals surface area contributed by atoms with Crippen LogP contribution in [0.3, 0.4) is 0 Å². The van der Waals surface area contributed by atoms with Crippen molar-refractivity contribution in [1.29, 1.82) is 0 Å². The van der Waals surface area contributed by atoms with E-state index in [2.05, 4.69) is 52.4 Å². The summed E-state index contributed by atoms with van der Waals surface area (Å²) < 4.78 is 6.50.